The molecule has 0 aliphatic heterocycles. The van der Waals surface area contributed by atoms with E-state index in [1.165, 1.54) is 16.3 Å². The van der Waals surface area contributed by atoms with Crippen molar-refractivity contribution in [3.63, 3.8) is 0 Å². The zero-order valence-electron chi connectivity index (χ0n) is 14.5. The van der Waals surface area contributed by atoms with E-state index in [0.29, 0.717) is 0 Å². The van der Waals surface area contributed by atoms with Crippen LogP contribution in [0.15, 0.2) is 30.3 Å². The van der Waals surface area contributed by atoms with Gasteiger partial charge < -0.3 is 11.3 Å². The molecule has 0 aliphatic rings. The van der Waals surface area contributed by atoms with Gasteiger partial charge in [-0.25, -0.2) is 0 Å². The van der Waals surface area contributed by atoms with E-state index in [9.17, 15) is 0 Å². The Morgan fingerprint density at radius 1 is 1.05 bits per heavy atom. The van der Waals surface area contributed by atoms with Crippen LogP contribution in [0.1, 0.15) is 33.3 Å². The summed E-state index contributed by atoms with van der Waals surface area (Å²) in [5.41, 5.74) is 1.44. The summed E-state index contributed by atoms with van der Waals surface area (Å²) in [5, 5.41) is 2.54. The van der Waals surface area contributed by atoms with E-state index in [1.54, 1.807) is 6.92 Å². The van der Waals surface area contributed by atoms with Crippen molar-refractivity contribution in [1.82, 2.24) is 0 Å². The van der Waals surface area contributed by atoms with Crippen LogP contribution in [-0.2, 0) is 31.6 Å². The summed E-state index contributed by atoms with van der Waals surface area (Å²) in [4.78, 5) is 0. The van der Waals surface area contributed by atoms with Crippen molar-refractivity contribution in [3.8, 4) is 5.75 Å². The Bertz CT molecular complexity index is 559. The van der Waals surface area contributed by atoms with Gasteiger partial charge in [0.25, 0.3) is 0 Å². The van der Waals surface area contributed by atoms with Gasteiger partial charge in [0.05, 0.1) is 0 Å². The molecule has 114 valence electrons. The molecule has 0 fully saturated rings. The Morgan fingerprint density at radius 3 is 2.05 bits per heavy atom. The molecule has 0 N–H and O–H groups in total. The summed E-state index contributed by atoms with van der Waals surface area (Å²) in [6.07, 6.45) is 0. The van der Waals surface area contributed by atoms with E-state index >= 15 is 0 Å². The van der Waals surface area contributed by atoms with Gasteiger partial charge in [-0.15, -0.1) is 35.0 Å². The number of benzene rings is 1. The summed E-state index contributed by atoms with van der Waals surface area (Å²) in [7, 11) is -1.59. The first-order valence-corrected chi connectivity index (χ1v) is 10.7. The van der Waals surface area contributed by atoms with Crippen LogP contribution in [0.25, 0.3) is 10.8 Å². The van der Waals surface area contributed by atoms with Crippen LogP contribution in [0.5, 0.6) is 5.75 Å². The van der Waals surface area contributed by atoms with Gasteiger partial charge in [0, 0.05) is 0 Å². The van der Waals surface area contributed by atoms with Crippen molar-refractivity contribution < 1.29 is 30.6 Å². The topological polar surface area (TPSA) is 9.23 Å². The predicted octanol–water partition coefficient (Wildman–Crippen LogP) is 5.91. The average Bonchev–Trinajstić information content (AvgIpc) is 2.69. The summed E-state index contributed by atoms with van der Waals surface area (Å²) < 4.78 is 6.35. The maximum absolute atomic E-state index is 6.35. The van der Waals surface area contributed by atoms with Gasteiger partial charge in [0.15, 0.2) is 0 Å². The van der Waals surface area contributed by atoms with Gasteiger partial charge >= 0.3 is 26.2 Å². The number of hydrogen-bond acceptors (Lipinski definition) is 1. The first-order valence-electron chi connectivity index (χ1n) is 7.27. The van der Waals surface area contributed by atoms with E-state index in [2.05, 4.69) is 77.7 Å². The van der Waals surface area contributed by atoms with Crippen molar-refractivity contribution in [2.75, 3.05) is 0 Å². The normalized spacial score (nSPS) is 11.4. The van der Waals surface area contributed by atoms with E-state index in [1.807, 2.05) is 0 Å². The molecule has 0 aromatic heterocycles. The quantitative estimate of drug-likeness (QED) is 0.465. The first kappa shape index (κ1) is 20.7. The number of rotatable bonds is 2. The second-order valence-corrected chi connectivity index (χ2v) is 11.4. The second-order valence-electron chi connectivity index (χ2n) is 6.94. The smallest absolute Gasteiger partial charge is 0.593 e. The van der Waals surface area contributed by atoms with Gasteiger partial charge in [0.2, 0.25) is 8.32 Å². The van der Waals surface area contributed by atoms with Gasteiger partial charge in [-0.3, -0.25) is 0 Å². The minimum Gasteiger partial charge on any atom is -0.593 e. The monoisotopic (exact) mass is 378 g/mol. The van der Waals surface area contributed by atoms with E-state index in [-0.39, 0.29) is 31.6 Å². The largest absolute Gasteiger partial charge is 2.00 e. The van der Waals surface area contributed by atoms with E-state index in [4.69, 9.17) is 4.43 Å². The summed E-state index contributed by atoms with van der Waals surface area (Å²) in [6, 6.07) is 10.8. The zero-order valence-corrected chi connectivity index (χ0v) is 18.0. The van der Waals surface area contributed by atoms with Crippen molar-refractivity contribution in [3.05, 3.63) is 42.8 Å². The standard InChI is InChI=1S/C16H23OSi.C2H5.Zr/c1-16(2,3)14-11-12-9-7-8-10-13(12)15(14)17-18(4,5)6;1-2;/h7-11H,1-6H3;1H2,2H3;/q2*-1;+2. The fraction of sp³-hybridized carbons (Fsp3) is 0.444. The Morgan fingerprint density at radius 2 is 1.57 bits per heavy atom. The Kier molecular flexibility index (Phi) is 7.73. The fourth-order valence-electron chi connectivity index (χ4n) is 2.17. The summed E-state index contributed by atoms with van der Waals surface area (Å²) >= 11 is 0. The molecule has 0 aliphatic carbocycles. The number of hydrogen-bond donors (Lipinski definition) is 0. The molecule has 0 heterocycles. The molecule has 0 saturated heterocycles. The molecule has 1 nitrogen and oxygen atoms in total. The molecule has 0 unspecified atom stereocenters. The molecule has 0 bridgehead atoms. The van der Waals surface area contributed by atoms with Crippen molar-refractivity contribution in [2.24, 2.45) is 0 Å². The van der Waals surface area contributed by atoms with Gasteiger partial charge in [-0.05, 0) is 30.8 Å². The maximum Gasteiger partial charge on any atom is 2.00 e. The molecule has 2 rings (SSSR count). The van der Waals surface area contributed by atoms with E-state index in [0.717, 1.165) is 5.75 Å². The molecule has 0 saturated carbocycles. The summed E-state index contributed by atoms with van der Waals surface area (Å²) in [6.45, 7) is 18.5. The van der Waals surface area contributed by atoms with Gasteiger partial charge in [-0.2, -0.15) is 6.92 Å². The molecular weight excluding hydrogens is 352 g/mol. The molecule has 2 aromatic rings. The third kappa shape index (κ3) is 5.45. The molecule has 0 atom stereocenters. The minimum absolute atomic E-state index is 0. The van der Waals surface area contributed by atoms with Gasteiger partial charge in [-0.1, -0.05) is 32.4 Å². The SMILES string of the molecule is CC(C)(C)c1[cH-]c2ccccc2c1O[Si](C)(C)C.[CH2-]C.[Zr+2]. The van der Waals surface area contributed by atoms with Gasteiger partial charge in [0.1, 0.15) is 0 Å². The van der Waals surface area contributed by atoms with Crippen LogP contribution in [0.4, 0.5) is 0 Å². The Labute approximate surface area is 150 Å². The van der Waals surface area contributed by atoms with E-state index < -0.39 is 8.32 Å². The molecule has 21 heavy (non-hydrogen) atoms. The minimum atomic E-state index is -1.59. The van der Waals surface area contributed by atoms with Crippen molar-refractivity contribution >= 4 is 19.1 Å². The molecule has 0 radical (unpaired) electrons. The van der Waals surface area contributed by atoms with Crippen molar-refractivity contribution in [1.29, 1.82) is 0 Å². The maximum atomic E-state index is 6.35. The second kappa shape index (κ2) is 7.83. The fourth-order valence-corrected chi connectivity index (χ4v) is 3.00. The van der Waals surface area contributed by atoms with Crippen LogP contribution >= 0.6 is 0 Å². The first-order chi connectivity index (χ1) is 9.18. The zero-order chi connectivity index (χ0) is 15.6. The molecule has 0 amide bonds. The molecular formula is C18H28OSiZr. The molecule has 3 heteroatoms. The Hall–Kier alpha value is -0.270. The summed E-state index contributed by atoms with van der Waals surface area (Å²) in [5.74, 6) is 1.11. The van der Waals surface area contributed by atoms with Crippen molar-refractivity contribution in [2.45, 2.75) is 52.8 Å². The van der Waals surface area contributed by atoms with Crippen LogP contribution < -0.4 is 4.43 Å². The van der Waals surface area contributed by atoms with Crippen LogP contribution in [0.2, 0.25) is 19.6 Å². The third-order valence-corrected chi connectivity index (χ3v) is 3.78. The third-order valence-electron chi connectivity index (χ3n) is 2.97. The predicted molar refractivity (Wildman–Crippen MR) is 93.2 cm³/mol. The molecule has 2 aromatic carbocycles. The number of fused-ring (bicyclic) bond motifs is 1. The Balaban J connectivity index is 0.00000128. The average molecular weight is 380 g/mol. The van der Waals surface area contributed by atoms with Crippen LogP contribution in [0, 0.1) is 6.92 Å². The van der Waals surface area contributed by atoms with Crippen LogP contribution in [0.3, 0.4) is 0 Å². The molecule has 0 spiro atoms. The van der Waals surface area contributed by atoms with Crippen LogP contribution in [-0.4, -0.2) is 8.32 Å².